The molecule has 0 radical (unpaired) electrons. The van der Waals surface area contributed by atoms with Gasteiger partial charge in [-0.3, -0.25) is 4.98 Å². The summed E-state index contributed by atoms with van der Waals surface area (Å²) in [5, 5.41) is 8.92. The minimum absolute atomic E-state index is 0.0712. The Kier molecular flexibility index (Phi) is 2.70. The number of rotatable bonds is 2. The van der Waals surface area contributed by atoms with Crippen LogP contribution in [0.1, 0.15) is 5.56 Å². The van der Waals surface area contributed by atoms with E-state index in [1.807, 2.05) is 0 Å². The maximum absolute atomic E-state index is 11.4. The van der Waals surface area contributed by atoms with Crippen molar-refractivity contribution in [1.29, 1.82) is 0 Å². The molecule has 0 fully saturated rings. The van der Waals surface area contributed by atoms with E-state index >= 15 is 0 Å². The van der Waals surface area contributed by atoms with Crippen LogP contribution in [0, 0.1) is 0 Å². The molecule has 0 saturated heterocycles. The summed E-state index contributed by atoms with van der Waals surface area (Å²) < 4.78 is 4.41. The molecule has 0 aliphatic heterocycles. The predicted octanol–water partition coefficient (Wildman–Crippen LogP) is 0.487. The normalized spacial score (nSPS) is 11.3. The van der Waals surface area contributed by atoms with Gasteiger partial charge in [-0.2, -0.15) is 0 Å². The van der Waals surface area contributed by atoms with Crippen molar-refractivity contribution < 1.29 is 9.52 Å². The van der Waals surface area contributed by atoms with Crippen molar-refractivity contribution in [1.82, 2.24) is 4.98 Å². The number of aliphatic hydroxyl groups is 1. The number of fused-ring (bicyclic) bond motifs is 1. The Morgan fingerprint density at radius 1 is 1.38 bits per heavy atom. The van der Waals surface area contributed by atoms with Crippen LogP contribution in [0.5, 0.6) is 0 Å². The number of hydrogen-bond acceptors (Lipinski definition) is 4. The molecule has 2 N–H and O–H groups in total. The Hall–Kier alpha value is -2.14. The second-order valence-corrected chi connectivity index (χ2v) is 3.19. The molecule has 0 saturated carbocycles. The topological polar surface area (TPSA) is 83.3 Å². The fourth-order valence-electron chi connectivity index (χ4n) is 1.41. The Morgan fingerprint density at radius 3 is 2.94 bits per heavy atom. The molecule has 0 atom stereocenters. The first-order chi connectivity index (χ1) is 7.70. The zero-order valence-electron chi connectivity index (χ0n) is 8.27. The number of nitrogens with one attached hydrogen (secondary N) is 1. The summed E-state index contributed by atoms with van der Waals surface area (Å²) in [7, 11) is 0. The zero-order valence-corrected chi connectivity index (χ0v) is 8.27. The highest BCUT2D eigenvalue weighted by molar-refractivity contribution is 5.79. The van der Waals surface area contributed by atoms with Gasteiger partial charge in [0.25, 0.3) is 0 Å². The summed E-state index contributed by atoms with van der Waals surface area (Å²) in [6.07, 6.45) is 3.22. The second kappa shape index (κ2) is 4.16. The van der Waals surface area contributed by atoms with E-state index in [9.17, 15) is 9.59 Å². The van der Waals surface area contributed by atoms with E-state index in [0.717, 1.165) is 5.56 Å². The maximum Gasteiger partial charge on any atom is 0.419 e. The lowest BCUT2D eigenvalue weighted by atomic mass is 10.1. The molecule has 0 aliphatic rings. The van der Waals surface area contributed by atoms with Gasteiger partial charge in [0.05, 0.1) is 17.5 Å². The first-order valence-electron chi connectivity index (χ1n) is 4.65. The van der Waals surface area contributed by atoms with Gasteiger partial charge in [0.1, 0.15) is 0 Å². The van der Waals surface area contributed by atoms with Gasteiger partial charge in [-0.25, -0.2) is 9.59 Å². The van der Waals surface area contributed by atoms with Crippen LogP contribution in [0.2, 0.25) is 0 Å². The van der Waals surface area contributed by atoms with Gasteiger partial charge in [0.2, 0.25) is 0 Å². The SMILES string of the molecule is O=c1[nH]c2ccc(C=CCO)cc2c(=O)o1. The molecule has 0 spiro atoms. The molecule has 0 unspecified atom stereocenters. The summed E-state index contributed by atoms with van der Waals surface area (Å²) >= 11 is 0. The van der Waals surface area contributed by atoms with E-state index in [4.69, 9.17) is 5.11 Å². The minimum Gasteiger partial charge on any atom is -0.392 e. The summed E-state index contributed by atoms with van der Waals surface area (Å²) in [4.78, 5) is 24.7. The highest BCUT2D eigenvalue weighted by atomic mass is 16.4. The molecule has 1 aromatic carbocycles. The molecular formula is C11H9NO4. The third kappa shape index (κ3) is 1.94. The smallest absolute Gasteiger partial charge is 0.392 e. The molecule has 0 aliphatic carbocycles. The van der Waals surface area contributed by atoms with Crippen molar-refractivity contribution in [2.75, 3.05) is 6.61 Å². The van der Waals surface area contributed by atoms with E-state index in [-0.39, 0.29) is 6.61 Å². The molecule has 5 heteroatoms. The van der Waals surface area contributed by atoms with Gasteiger partial charge in [0, 0.05) is 0 Å². The third-order valence-corrected chi connectivity index (χ3v) is 2.10. The van der Waals surface area contributed by atoms with Gasteiger partial charge in [-0.05, 0) is 17.7 Å². The van der Waals surface area contributed by atoms with Crippen LogP contribution in [-0.4, -0.2) is 16.7 Å². The highest BCUT2D eigenvalue weighted by Crippen LogP contribution is 2.10. The first kappa shape index (κ1) is 10.4. The van der Waals surface area contributed by atoms with E-state index in [1.54, 1.807) is 30.4 Å². The predicted molar refractivity (Wildman–Crippen MR) is 59.2 cm³/mol. The van der Waals surface area contributed by atoms with Gasteiger partial charge in [-0.15, -0.1) is 0 Å². The standard InChI is InChI=1S/C11H9NO4/c13-5-1-2-7-3-4-9-8(6-7)10(14)16-11(15)12-9/h1-4,6,13H,5H2,(H,12,15). The molecule has 82 valence electrons. The fraction of sp³-hybridized carbons (Fsp3) is 0.0909. The van der Waals surface area contributed by atoms with E-state index < -0.39 is 11.4 Å². The van der Waals surface area contributed by atoms with Crippen molar-refractivity contribution in [2.45, 2.75) is 0 Å². The van der Waals surface area contributed by atoms with Crippen LogP contribution >= 0.6 is 0 Å². The average molecular weight is 219 g/mol. The number of hydrogen-bond donors (Lipinski definition) is 2. The molecular weight excluding hydrogens is 210 g/mol. The lowest BCUT2D eigenvalue weighted by Crippen LogP contribution is -2.14. The van der Waals surface area contributed by atoms with Gasteiger partial charge < -0.3 is 9.52 Å². The molecule has 1 aromatic heterocycles. The highest BCUT2D eigenvalue weighted by Gasteiger charge is 2.02. The summed E-state index contributed by atoms with van der Waals surface area (Å²) in [6.45, 7) is -0.0712. The minimum atomic E-state index is -0.767. The quantitative estimate of drug-likeness (QED) is 0.769. The summed E-state index contributed by atoms with van der Waals surface area (Å²) in [5.74, 6) is -0.767. The summed E-state index contributed by atoms with van der Waals surface area (Å²) in [5.41, 5.74) is 0.515. The third-order valence-electron chi connectivity index (χ3n) is 2.10. The van der Waals surface area contributed by atoms with Gasteiger partial charge in [-0.1, -0.05) is 18.2 Å². The fourth-order valence-corrected chi connectivity index (χ4v) is 1.41. The van der Waals surface area contributed by atoms with Crippen LogP contribution in [0.3, 0.4) is 0 Å². The number of aliphatic hydroxyl groups excluding tert-OH is 1. The molecule has 5 nitrogen and oxygen atoms in total. The first-order valence-corrected chi connectivity index (χ1v) is 4.65. The van der Waals surface area contributed by atoms with E-state index in [0.29, 0.717) is 10.9 Å². The van der Waals surface area contributed by atoms with Crippen molar-refractivity contribution >= 4 is 17.0 Å². The van der Waals surface area contributed by atoms with Crippen LogP contribution in [0.15, 0.2) is 38.3 Å². The van der Waals surface area contributed by atoms with Crippen LogP contribution in [0.4, 0.5) is 0 Å². The lowest BCUT2D eigenvalue weighted by molar-refractivity contribution is 0.343. The van der Waals surface area contributed by atoms with E-state index in [1.165, 1.54) is 0 Å². The molecule has 2 rings (SSSR count). The largest absolute Gasteiger partial charge is 0.419 e. The van der Waals surface area contributed by atoms with Crippen LogP contribution < -0.4 is 11.4 Å². The van der Waals surface area contributed by atoms with E-state index in [2.05, 4.69) is 9.40 Å². The molecule has 2 aromatic rings. The summed E-state index contributed by atoms with van der Waals surface area (Å²) in [6, 6.07) is 4.93. The Morgan fingerprint density at radius 2 is 2.19 bits per heavy atom. The second-order valence-electron chi connectivity index (χ2n) is 3.19. The molecule has 1 heterocycles. The number of aromatic amines is 1. The monoisotopic (exact) mass is 219 g/mol. The van der Waals surface area contributed by atoms with Crippen LogP contribution in [-0.2, 0) is 0 Å². The van der Waals surface area contributed by atoms with Crippen molar-refractivity contribution in [3.63, 3.8) is 0 Å². The number of H-pyrrole nitrogens is 1. The number of aromatic nitrogens is 1. The Labute approximate surface area is 89.7 Å². The molecule has 16 heavy (non-hydrogen) atoms. The average Bonchev–Trinajstić information content (AvgIpc) is 2.26. The Bertz CT molecular complexity index is 651. The van der Waals surface area contributed by atoms with Gasteiger partial charge >= 0.3 is 11.4 Å². The Balaban J connectivity index is 2.67. The molecule has 0 bridgehead atoms. The van der Waals surface area contributed by atoms with Crippen molar-refractivity contribution in [2.24, 2.45) is 0 Å². The zero-order chi connectivity index (χ0) is 11.5. The van der Waals surface area contributed by atoms with Crippen molar-refractivity contribution in [3.05, 3.63) is 50.8 Å². The molecule has 0 amide bonds. The maximum atomic E-state index is 11.4. The lowest BCUT2D eigenvalue weighted by Gasteiger charge is -1.97. The van der Waals surface area contributed by atoms with Crippen molar-refractivity contribution in [3.8, 4) is 0 Å². The van der Waals surface area contributed by atoms with Crippen LogP contribution in [0.25, 0.3) is 17.0 Å². The van der Waals surface area contributed by atoms with Gasteiger partial charge in [0.15, 0.2) is 0 Å². The number of benzene rings is 1.